The molecule has 5 atom stereocenters. The highest BCUT2D eigenvalue weighted by Crippen LogP contribution is 2.29. The summed E-state index contributed by atoms with van der Waals surface area (Å²) in [5.74, 6) is -5.06. The van der Waals surface area contributed by atoms with E-state index in [1.54, 1.807) is 0 Å². The van der Waals surface area contributed by atoms with Crippen LogP contribution >= 0.6 is 0 Å². The van der Waals surface area contributed by atoms with E-state index in [1.807, 2.05) is 0 Å². The second-order valence-corrected chi connectivity index (χ2v) is 8.31. The number of nitrogens with one attached hydrogen (secondary N) is 1. The van der Waals surface area contributed by atoms with Gasteiger partial charge in [0.05, 0.1) is 0 Å². The molecule has 0 saturated carbocycles. The van der Waals surface area contributed by atoms with Crippen molar-refractivity contribution in [2.75, 3.05) is 32.8 Å². The van der Waals surface area contributed by atoms with Crippen LogP contribution in [-0.4, -0.2) is 123 Å². The lowest BCUT2D eigenvalue weighted by atomic mass is 9.98. The molecule has 5 unspecified atom stereocenters. The van der Waals surface area contributed by atoms with Gasteiger partial charge in [-0.15, -0.1) is 0 Å². The van der Waals surface area contributed by atoms with Crippen LogP contribution in [0.1, 0.15) is 25.7 Å². The highest BCUT2D eigenvalue weighted by Gasteiger charge is 2.52. The summed E-state index contributed by atoms with van der Waals surface area (Å²) in [5.41, 5.74) is 5.46. The molecule has 254 valence electrons. The minimum Gasteiger partial charge on any atom is -0.463 e. The molecule has 0 aliphatic carbocycles. The van der Waals surface area contributed by atoms with E-state index in [9.17, 15) is 69.5 Å². The quantitative estimate of drug-likeness (QED) is 0.0390. The number of primary amides is 1. The Kier molecular flexibility index (Phi) is 18.1. The number of esters is 4. The summed E-state index contributed by atoms with van der Waals surface area (Å²) in [7, 11) is 0. The summed E-state index contributed by atoms with van der Waals surface area (Å²) in [4.78, 5) is 96.5. The Morgan fingerprint density at radius 2 is 1.00 bits per heavy atom. The Labute approximate surface area is 249 Å². The standard InChI is InChI=1S/C18H24N4O18.CH4N2O2/c23-11(1-5-19(28)29)36-9-10-15(38-12(24)2-6-20(30)31)16(39-13(25)3-7-21(32)33)17(18(27)37-10)40-14(26)4-8-22(34)35;2-1(4)3-5/h10,15-18,27H,1-9H2;5H,(H3,2,3,4). The summed E-state index contributed by atoms with van der Waals surface area (Å²) < 4.78 is 25.1. The summed E-state index contributed by atoms with van der Waals surface area (Å²) in [6.07, 6.45) is -13.2. The molecule has 0 aromatic carbocycles. The van der Waals surface area contributed by atoms with Gasteiger partial charge in [0.1, 0.15) is 38.4 Å². The number of nitro groups is 4. The number of amides is 2. The van der Waals surface area contributed by atoms with Crippen LogP contribution in [0.15, 0.2) is 0 Å². The summed E-state index contributed by atoms with van der Waals surface area (Å²) in [6, 6.07) is -0.940. The number of rotatable bonds is 17. The van der Waals surface area contributed by atoms with Crippen molar-refractivity contribution in [3.8, 4) is 0 Å². The lowest BCUT2D eigenvalue weighted by Gasteiger charge is -2.42. The second-order valence-electron chi connectivity index (χ2n) is 8.31. The zero-order valence-electron chi connectivity index (χ0n) is 22.9. The van der Waals surface area contributed by atoms with Crippen molar-refractivity contribution in [1.82, 2.24) is 5.48 Å². The molecular weight excluding hydrogens is 632 g/mol. The molecule has 1 aliphatic rings. The van der Waals surface area contributed by atoms with E-state index in [4.69, 9.17) is 28.9 Å². The molecule has 0 radical (unpaired) electrons. The van der Waals surface area contributed by atoms with Crippen LogP contribution < -0.4 is 11.2 Å². The average Bonchev–Trinajstić information content (AvgIpc) is 2.95. The van der Waals surface area contributed by atoms with E-state index in [-0.39, 0.29) is 0 Å². The second kappa shape index (κ2) is 20.5. The Hall–Kier alpha value is -5.37. The van der Waals surface area contributed by atoms with Crippen LogP contribution in [-0.2, 0) is 42.9 Å². The van der Waals surface area contributed by atoms with Crippen molar-refractivity contribution in [1.29, 1.82) is 0 Å². The first kappa shape index (κ1) is 39.6. The van der Waals surface area contributed by atoms with Gasteiger partial charge in [0, 0.05) is 19.7 Å². The largest absolute Gasteiger partial charge is 0.463 e. The van der Waals surface area contributed by atoms with Crippen LogP contribution in [0.25, 0.3) is 0 Å². The first-order valence-electron chi connectivity index (χ1n) is 12.2. The van der Waals surface area contributed by atoms with Crippen LogP contribution in [0.2, 0.25) is 0 Å². The Morgan fingerprint density at radius 3 is 1.36 bits per heavy atom. The van der Waals surface area contributed by atoms with Gasteiger partial charge in [0.2, 0.25) is 26.2 Å². The third-order valence-electron chi connectivity index (χ3n) is 4.92. The Balaban J connectivity index is 0.00000356. The molecule has 0 aromatic heterocycles. The summed E-state index contributed by atoms with van der Waals surface area (Å²) >= 11 is 0. The van der Waals surface area contributed by atoms with Crippen molar-refractivity contribution in [2.24, 2.45) is 5.73 Å². The zero-order chi connectivity index (χ0) is 34.7. The Bertz CT molecular complexity index is 1100. The molecule has 0 spiro atoms. The highest BCUT2D eigenvalue weighted by molar-refractivity contribution is 5.72. The molecule has 5 N–H and O–H groups in total. The first-order valence-corrected chi connectivity index (χ1v) is 12.2. The Morgan fingerprint density at radius 1 is 0.667 bits per heavy atom. The number of carbonyl (C=O) groups excluding carboxylic acids is 5. The van der Waals surface area contributed by atoms with Crippen molar-refractivity contribution >= 4 is 29.9 Å². The van der Waals surface area contributed by atoms with Gasteiger partial charge in [-0.1, -0.05) is 0 Å². The fourth-order valence-corrected chi connectivity index (χ4v) is 3.04. The number of aliphatic hydroxyl groups excluding tert-OH is 1. The van der Waals surface area contributed by atoms with E-state index < -0.39 is 139 Å². The predicted octanol–water partition coefficient (Wildman–Crippen LogP) is -3.31. The van der Waals surface area contributed by atoms with E-state index in [2.05, 4.69) is 5.73 Å². The van der Waals surface area contributed by atoms with Gasteiger partial charge in [-0.3, -0.25) is 64.8 Å². The van der Waals surface area contributed by atoms with Crippen molar-refractivity contribution in [3.63, 3.8) is 0 Å². The third kappa shape index (κ3) is 18.0. The van der Waals surface area contributed by atoms with Gasteiger partial charge in [0.15, 0.2) is 24.6 Å². The molecule has 1 heterocycles. The van der Waals surface area contributed by atoms with Crippen molar-refractivity contribution in [2.45, 2.75) is 56.4 Å². The van der Waals surface area contributed by atoms with Crippen molar-refractivity contribution in [3.05, 3.63) is 40.5 Å². The van der Waals surface area contributed by atoms with E-state index in [0.717, 1.165) is 0 Å². The number of ether oxygens (including phenoxy) is 5. The van der Waals surface area contributed by atoms with E-state index in [0.29, 0.717) is 0 Å². The van der Waals surface area contributed by atoms with Crippen LogP contribution in [0, 0.1) is 40.5 Å². The number of nitrogens with zero attached hydrogens (tertiary/aromatic N) is 4. The predicted molar refractivity (Wildman–Crippen MR) is 132 cm³/mol. The minimum absolute atomic E-state index is 0.703. The molecule has 2 amide bonds. The molecule has 1 fully saturated rings. The van der Waals surface area contributed by atoms with Gasteiger partial charge in [-0.2, -0.15) is 0 Å². The first-order chi connectivity index (χ1) is 21.0. The minimum atomic E-state index is -2.22. The number of urea groups is 1. The molecule has 26 nitrogen and oxygen atoms in total. The molecule has 1 rings (SSSR count). The fourth-order valence-electron chi connectivity index (χ4n) is 3.04. The normalized spacial score (nSPS) is 20.2. The molecule has 0 aromatic rings. The topological polar surface area (TPSA) is 383 Å². The average molecular weight is 660 g/mol. The molecule has 45 heavy (non-hydrogen) atoms. The van der Waals surface area contributed by atoms with Crippen LogP contribution in [0.4, 0.5) is 4.79 Å². The number of hydrogen-bond donors (Lipinski definition) is 4. The lowest BCUT2D eigenvalue weighted by molar-refractivity contribution is -0.479. The maximum Gasteiger partial charge on any atom is 0.335 e. The SMILES string of the molecule is NC(=O)NO.O=C(CC[N+](=O)[O-])OCC1OC(O)C(OC(=O)CC[N+](=O)[O-])C(OC(=O)CC[N+](=O)[O-])C1OC(=O)CC[N+](=O)[O-]. The van der Waals surface area contributed by atoms with Gasteiger partial charge in [0.25, 0.3) is 0 Å². The van der Waals surface area contributed by atoms with Gasteiger partial charge in [-0.25, -0.2) is 10.3 Å². The highest BCUT2D eigenvalue weighted by atomic mass is 16.7. The van der Waals surface area contributed by atoms with Gasteiger partial charge in [-0.05, 0) is 0 Å². The monoisotopic (exact) mass is 660 g/mol. The number of aliphatic hydroxyl groups is 1. The van der Waals surface area contributed by atoms with Gasteiger partial charge < -0.3 is 34.5 Å². The third-order valence-corrected chi connectivity index (χ3v) is 4.92. The smallest absolute Gasteiger partial charge is 0.335 e. The van der Waals surface area contributed by atoms with Crippen LogP contribution in [0.3, 0.4) is 0 Å². The molecule has 26 heteroatoms. The van der Waals surface area contributed by atoms with Crippen LogP contribution in [0.5, 0.6) is 0 Å². The maximum atomic E-state index is 12.3. The number of hydroxylamine groups is 1. The number of nitrogens with two attached hydrogens (primary N) is 1. The molecule has 1 saturated heterocycles. The van der Waals surface area contributed by atoms with Gasteiger partial charge >= 0.3 is 29.9 Å². The maximum absolute atomic E-state index is 12.3. The van der Waals surface area contributed by atoms with E-state index in [1.165, 1.54) is 5.48 Å². The lowest BCUT2D eigenvalue weighted by Crippen LogP contribution is -2.62. The summed E-state index contributed by atoms with van der Waals surface area (Å²) in [6.45, 7) is -4.46. The zero-order valence-corrected chi connectivity index (χ0v) is 22.9. The fraction of sp³-hybridized carbons (Fsp3) is 0.737. The number of carbonyl (C=O) groups is 5. The molecular formula is C19H28N6O20. The number of hydrogen-bond acceptors (Lipinski definition) is 20. The van der Waals surface area contributed by atoms with E-state index >= 15 is 0 Å². The van der Waals surface area contributed by atoms with Crippen molar-refractivity contribution < 1.29 is 77.7 Å². The summed E-state index contributed by atoms with van der Waals surface area (Å²) in [5, 5.41) is 60.1. The molecule has 1 aliphatic heterocycles. The molecule has 0 bridgehead atoms.